The van der Waals surface area contributed by atoms with E-state index >= 15 is 0 Å². The van der Waals surface area contributed by atoms with E-state index in [-0.39, 0.29) is 18.1 Å². The minimum atomic E-state index is -1.37. The van der Waals surface area contributed by atoms with Gasteiger partial charge in [-0.1, -0.05) is 0 Å². The smallest absolute Gasteiger partial charge is 0.420 e. The normalized spacial score (nSPS) is 20.0. The third-order valence-electron chi connectivity index (χ3n) is 1.22. The van der Waals surface area contributed by atoms with Crippen LogP contribution in [0.2, 0.25) is 0 Å². The fraction of sp³-hybridized carbons (Fsp3) is 0.500. The zero-order valence-corrected chi connectivity index (χ0v) is 7.29. The Morgan fingerprint density at radius 1 is 1.67 bits per heavy atom. The van der Waals surface area contributed by atoms with Crippen molar-refractivity contribution in [3.8, 4) is 0 Å². The van der Waals surface area contributed by atoms with Crippen molar-refractivity contribution in [2.24, 2.45) is 0 Å². The molecule has 0 aliphatic carbocycles. The molecule has 0 atom stereocenters. The van der Waals surface area contributed by atoms with Crippen molar-refractivity contribution in [1.82, 2.24) is 8.84 Å². The Morgan fingerprint density at radius 2 is 2.25 bits per heavy atom. The molecule has 0 amide bonds. The maximum atomic E-state index is 10.9. The molecule has 12 heavy (non-hydrogen) atoms. The van der Waals surface area contributed by atoms with Crippen LogP contribution in [-0.2, 0) is 4.79 Å². The Bertz CT molecular complexity index is 244. The van der Waals surface area contributed by atoms with Crippen LogP contribution >= 0.6 is 23.6 Å². The van der Waals surface area contributed by atoms with Gasteiger partial charge in [0, 0.05) is 0 Å². The molecule has 0 aromatic heterocycles. The lowest BCUT2D eigenvalue weighted by molar-refractivity contribution is -0.488. The Hall–Kier alpha value is -0.720. The van der Waals surface area contributed by atoms with Crippen LogP contribution in [0, 0.1) is 5.21 Å². The van der Waals surface area contributed by atoms with Gasteiger partial charge >= 0.3 is 11.8 Å². The molecule has 8 heteroatoms. The number of carboxylic acids is 1. The number of hydrogen-bond acceptors (Lipinski definition) is 4. The molecule has 0 bridgehead atoms. The summed E-state index contributed by atoms with van der Waals surface area (Å²) in [6.45, 7) is -0.226. The van der Waals surface area contributed by atoms with Crippen molar-refractivity contribution in [3.63, 3.8) is 0 Å². The minimum absolute atomic E-state index is 0.0104. The molecule has 0 saturated carbocycles. The number of carbonyl (C=O) groups is 1. The van der Waals surface area contributed by atoms with Gasteiger partial charge in [0.2, 0.25) is 0 Å². The first-order chi connectivity index (χ1) is 5.52. The van der Waals surface area contributed by atoms with Crippen LogP contribution in [0.4, 0.5) is 0 Å². The molecule has 1 aliphatic heterocycles. The van der Waals surface area contributed by atoms with E-state index in [1.165, 1.54) is 0 Å². The average molecular weight is 214 g/mol. The fourth-order valence-corrected chi connectivity index (χ4v) is 1.33. The third kappa shape index (κ3) is 1.71. The van der Waals surface area contributed by atoms with Crippen LogP contribution in [0.15, 0.2) is 0 Å². The van der Waals surface area contributed by atoms with Crippen molar-refractivity contribution < 1.29 is 14.6 Å². The van der Waals surface area contributed by atoms with E-state index in [4.69, 9.17) is 28.7 Å². The minimum Gasteiger partial charge on any atom is -0.714 e. The molecule has 0 spiro atoms. The van der Waals surface area contributed by atoms with Crippen molar-refractivity contribution in [1.29, 1.82) is 0 Å². The van der Waals surface area contributed by atoms with Crippen molar-refractivity contribution in [3.05, 3.63) is 5.21 Å². The summed E-state index contributed by atoms with van der Waals surface area (Å²) in [4.78, 5) is 10.4. The summed E-state index contributed by atoms with van der Waals surface area (Å²) in [6, 6.07) is 0. The maximum Gasteiger partial charge on any atom is 0.420 e. The van der Waals surface area contributed by atoms with E-state index in [2.05, 4.69) is 0 Å². The Morgan fingerprint density at radius 3 is 2.67 bits per heavy atom. The number of hydroxylamine groups is 1. The first-order valence-corrected chi connectivity index (χ1v) is 3.59. The van der Waals surface area contributed by atoms with E-state index in [0.717, 1.165) is 8.84 Å². The molecule has 1 N–H and O–H groups in total. The van der Waals surface area contributed by atoms with Gasteiger partial charge in [0.15, 0.2) is 13.3 Å². The lowest BCUT2D eigenvalue weighted by Crippen LogP contribution is -2.48. The summed E-state index contributed by atoms with van der Waals surface area (Å²) in [5.74, 6) is -1.89. The number of hydrogen-bond donors (Lipinski definition) is 1. The Kier molecular flexibility index (Phi) is 2.61. The molecule has 0 fully saturated rings. The number of aliphatic carboxylic acids is 1. The highest BCUT2D eigenvalue weighted by atomic mass is 35.5. The summed E-state index contributed by atoms with van der Waals surface area (Å²) in [5.41, 5.74) is 0. The van der Waals surface area contributed by atoms with E-state index in [9.17, 15) is 10.0 Å². The number of amidine groups is 1. The summed E-state index contributed by atoms with van der Waals surface area (Å²) < 4.78 is 2.00. The average Bonchev–Trinajstić information content (AvgIpc) is 1.82. The summed E-state index contributed by atoms with van der Waals surface area (Å²) in [6.07, 6.45) is 0. The van der Waals surface area contributed by atoms with Crippen LogP contribution in [0.3, 0.4) is 0 Å². The zero-order valence-electron chi connectivity index (χ0n) is 5.78. The van der Waals surface area contributed by atoms with Crippen LogP contribution in [0.25, 0.3) is 0 Å². The van der Waals surface area contributed by atoms with E-state index < -0.39 is 11.8 Å². The Labute approximate surface area is 78.0 Å². The lowest BCUT2D eigenvalue weighted by Gasteiger charge is -2.25. The molecule has 0 unspecified atom stereocenters. The number of carboxylic acid groups (broad SMARTS) is 1. The molecule has 1 aliphatic rings. The second kappa shape index (κ2) is 3.34. The van der Waals surface area contributed by atoms with Gasteiger partial charge in [0.05, 0.1) is 0 Å². The van der Waals surface area contributed by atoms with Crippen LogP contribution < -0.4 is 0 Å². The van der Waals surface area contributed by atoms with Crippen LogP contribution in [0.1, 0.15) is 0 Å². The van der Waals surface area contributed by atoms with Gasteiger partial charge in [-0.2, -0.15) is 0 Å². The van der Waals surface area contributed by atoms with Crippen molar-refractivity contribution in [2.45, 2.75) is 0 Å². The highest BCUT2D eigenvalue weighted by molar-refractivity contribution is 6.40. The molecule has 1 heterocycles. The largest absolute Gasteiger partial charge is 0.714 e. The molecule has 0 aromatic rings. The predicted octanol–water partition coefficient (Wildman–Crippen LogP) is -0.180. The van der Waals surface area contributed by atoms with Gasteiger partial charge < -0.3 is 10.3 Å². The molecule has 0 saturated heterocycles. The third-order valence-corrected chi connectivity index (χ3v) is 1.70. The van der Waals surface area contributed by atoms with Gasteiger partial charge in [0.1, 0.15) is 11.8 Å². The van der Waals surface area contributed by atoms with Gasteiger partial charge in [-0.05, 0) is 11.8 Å². The summed E-state index contributed by atoms with van der Waals surface area (Å²) in [5, 5.41) is 19.4. The van der Waals surface area contributed by atoms with E-state index in [1.54, 1.807) is 0 Å². The maximum absolute atomic E-state index is 10.9. The second-order valence-electron chi connectivity index (χ2n) is 2.11. The number of nitrogens with zero attached hydrogens (tertiary/aromatic N) is 3. The monoisotopic (exact) mass is 213 g/mol. The quantitative estimate of drug-likeness (QED) is 0.372. The van der Waals surface area contributed by atoms with E-state index in [0.29, 0.717) is 0 Å². The highest BCUT2D eigenvalue weighted by Gasteiger charge is 2.33. The van der Waals surface area contributed by atoms with Gasteiger partial charge in [-0.25, -0.2) is 9.53 Å². The SMILES string of the molecule is O=C(O)C1=[N+]([O-])CN(Cl)CN1Cl. The van der Waals surface area contributed by atoms with Crippen molar-refractivity contribution >= 4 is 35.4 Å². The second-order valence-corrected chi connectivity index (χ2v) is 3.00. The predicted molar refractivity (Wildman–Crippen MR) is 41.4 cm³/mol. The van der Waals surface area contributed by atoms with Crippen LogP contribution in [-0.4, -0.2) is 43.8 Å². The van der Waals surface area contributed by atoms with Gasteiger partial charge in [-0.15, -0.1) is 8.84 Å². The molecular formula is C4H5Cl2N3O3. The first-order valence-electron chi connectivity index (χ1n) is 2.91. The Balaban J connectivity index is 2.93. The molecule has 68 valence electrons. The first kappa shape index (κ1) is 9.37. The zero-order chi connectivity index (χ0) is 9.30. The lowest BCUT2D eigenvalue weighted by atomic mass is 10.5. The molecule has 1 rings (SSSR count). The van der Waals surface area contributed by atoms with Crippen LogP contribution in [0.5, 0.6) is 0 Å². The van der Waals surface area contributed by atoms with E-state index in [1.807, 2.05) is 0 Å². The molecule has 6 nitrogen and oxygen atoms in total. The molecular weight excluding hydrogens is 209 g/mol. The fourth-order valence-electron chi connectivity index (χ4n) is 0.784. The van der Waals surface area contributed by atoms with Gasteiger partial charge in [0.25, 0.3) is 0 Å². The molecule has 0 radical (unpaired) electrons. The summed E-state index contributed by atoms with van der Waals surface area (Å²) in [7, 11) is 0. The topological polar surface area (TPSA) is 69.8 Å². The highest BCUT2D eigenvalue weighted by Crippen LogP contribution is 2.08. The number of halogens is 2. The van der Waals surface area contributed by atoms with Gasteiger partial charge in [-0.3, -0.25) is 0 Å². The molecule has 0 aromatic carbocycles. The van der Waals surface area contributed by atoms with Crippen molar-refractivity contribution in [2.75, 3.05) is 13.3 Å². The standard InChI is InChI=1S/C4H5Cl2N3O3/c5-7-1-8(6)3(4(10)11)9(12)2-7/h1-2H2,(H,10,11). The summed E-state index contributed by atoms with van der Waals surface area (Å²) >= 11 is 10.9. The number of rotatable bonds is 1.